The molecule has 6 rings (SSSR count). The van der Waals surface area contributed by atoms with Crippen LogP contribution in [0.1, 0.15) is 67.0 Å². The number of likely N-dealkylation sites (tertiary alicyclic amines) is 2. The number of hydrogen-bond acceptors (Lipinski definition) is 5. The zero-order chi connectivity index (χ0) is 27.1. The van der Waals surface area contributed by atoms with Crippen LogP contribution in [0.5, 0.6) is 5.75 Å². The highest BCUT2D eigenvalue weighted by atomic mass is 16.5. The van der Waals surface area contributed by atoms with E-state index in [1.54, 1.807) is 42.5 Å². The van der Waals surface area contributed by atoms with E-state index >= 15 is 0 Å². The van der Waals surface area contributed by atoms with Crippen molar-refractivity contribution >= 4 is 23.4 Å². The van der Waals surface area contributed by atoms with E-state index in [9.17, 15) is 19.2 Å². The van der Waals surface area contributed by atoms with Crippen molar-refractivity contribution < 1.29 is 23.9 Å². The first-order chi connectivity index (χ1) is 18.8. The number of rotatable bonds is 4. The Morgan fingerprint density at radius 3 is 2.05 bits per heavy atom. The summed E-state index contributed by atoms with van der Waals surface area (Å²) in [7, 11) is 0. The van der Waals surface area contributed by atoms with E-state index in [0.29, 0.717) is 48.4 Å². The highest BCUT2D eigenvalue weighted by Crippen LogP contribution is 2.41. The molecule has 2 amide bonds. The minimum atomic E-state index is -0.226. The third-order valence-corrected chi connectivity index (χ3v) is 8.52. The lowest BCUT2D eigenvalue weighted by molar-refractivity contribution is -0.135. The first-order valence-corrected chi connectivity index (χ1v) is 13.4. The summed E-state index contributed by atoms with van der Waals surface area (Å²) in [4.78, 5) is 56.0. The lowest BCUT2D eigenvalue weighted by Crippen LogP contribution is -2.46. The van der Waals surface area contributed by atoms with Crippen molar-refractivity contribution in [1.82, 2.24) is 9.80 Å². The average Bonchev–Trinajstić information content (AvgIpc) is 3.38. The summed E-state index contributed by atoms with van der Waals surface area (Å²) in [5.41, 5.74) is 2.83. The molecule has 7 nitrogen and oxygen atoms in total. The van der Waals surface area contributed by atoms with Gasteiger partial charge in [0.25, 0.3) is 11.8 Å². The number of aryl methyl sites for hydroxylation is 1. The second-order valence-electron chi connectivity index (χ2n) is 10.9. The number of fused-ring (bicyclic) bond motifs is 2. The molecule has 0 bridgehead atoms. The summed E-state index contributed by atoms with van der Waals surface area (Å²) < 4.78 is 5.75. The van der Waals surface area contributed by atoms with Gasteiger partial charge in [0.2, 0.25) is 0 Å². The molecule has 0 saturated carbocycles. The zero-order valence-corrected chi connectivity index (χ0v) is 21.9. The summed E-state index contributed by atoms with van der Waals surface area (Å²) in [6.45, 7) is 4.53. The van der Waals surface area contributed by atoms with E-state index < -0.39 is 0 Å². The minimum Gasteiger partial charge on any atom is -0.484 e. The molecular formula is C32H30N2O5. The molecule has 1 spiro atoms. The van der Waals surface area contributed by atoms with Gasteiger partial charge in [-0.3, -0.25) is 19.2 Å². The highest BCUT2D eigenvalue weighted by molar-refractivity contribution is 6.28. The second-order valence-corrected chi connectivity index (χ2v) is 10.9. The number of carbonyl (C=O) groups excluding carboxylic acids is 4. The van der Waals surface area contributed by atoms with Crippen molar-refractivity contribution in [2.45, 2.75) is 26.2 Å². The molecule has 0 radical (unpaired) electrons. The molecule has 0 atom stereocenters. The predicted octanol–water partition coefficient (Wildman–Crippen LogP) is 4.30. The van der Waals surface area contributed by atoms with E-state index in [2.05, 4.69) is 0 Å². The summed E-state index contributed by atoms with van der Waals surface area (Å²) >= 11 is 0. The Hall–Kier alpha value is -4.26. The largest absolute Gasteiger partial charge is 0.484 e. The topological polar surface area (TPSA) is 84.0 Å². The van der Waals surface area contributed by atoms with Crippen LogP contribution in [-0.2, 0) is 4.79 Å². The monoisotopic (exact) mass is 522 g/mol. The maximum atomic E-state index is 13.5. The Balaban J connectivity index is 1.08. The molecule has 2 heterocycles. The first kappa shape index (κ1) is 25.0. The number of piperidine rings is 1. The van der Waals surface area contributed by atoms with Crippen molar-refractivity contribution in [3.63, 3.8) is 0 Å². The molecular weight excluding hydrogens is 492 g/mol. The van der Waals surface area contributed by atoms with Gasteiger partial charge in [-0.2, -0.15) is 0 Å². The molecule has 1 aliphatic carbocycles. The van der Waals surface area contributed by atoms with Crippen molar-refractivity contribution in [1.29, 1.82) is 0 Å². The van der Waals surface area contributed by atoms with Gasteiger partial charge in [-0.1, -0.05) is 42.5 Å². The number of hydrogen-bond donors (Lipinski definition) is 0. The van der Waals surface area contributed by atoms with Crippen LogP contribution in [0.4, 0.5) is 0 Å². The number of carbonyl (C=O) groups is 4. The van der Waals surface area contributed by atoms with Gasteiger partial charge in [0.15, 0.2) is 18.2 Å². The number of benzene rings is 3. The van der Waals surface area contributed by atoms with Crippen molar-refractivity contribution in [2.24, 2.45) is 5.41 Å². The Kier molecular flexibility index (Phi) is 6.29. The van der Waals surface area contributed by atoms with Gasteiger partial charge in [-0.25, -0.2) is 0 Å². The van der Waals surface area contributed by atoms with Crippen LogP contribution in [0, 0.1) is 12.3 Å². The standard InChI is InChI=1S/C32H30N2O5/c1-21-6-2-5-9-27(21)39-19-28(35)33-15-12-32(13-16-33)14-17-34(20-32)31(38)22-10-11-25-26(18-22)30(37)24-8-4-3-7-23(24)29(25)36/h2-11,18H,12-17,19-20H2,1H3. The van der Waals surface area contributed by atoms with Crippen LogP contribution in [0.2, 0.25) is 0 Å². The smallest absolute Gasteiger partial charge is 0.260 e. The highest BCUT2D eigenvalue weighted by Gasteiger charge is 2.43. The van der Waals surface area contributed by atoms with Crippen LogP contribution in [0.3, 0.4) is 0 Å². The molecule has 0 unspecified atom stereocenters. The van der Waals surface area contributed by atoms with Crippen LogP contribution in [0.15, 0.2) is 66.7 Å². The maximum Gasteiger partial charge on any atom is 0.260 e. The van der Waals surface area contributed by atoms with E-state index in [1.165, 1.54) is 0 Å². The summed E-state index contributed by atoms with van der Waals surface area (Å²) in [6.07, 6.45) is 2.55. The van der Waals surface area contributed by atoms with E-state index in [0.717, 1.165) is 30.6 Å². The Morgan fingerprint density at radius 1 is 0.769 bits per heavy atom. The number of para-hydroxylation sites is 1. The van der Waals surface area contributed by atoms with Crippen LogP contribution >= 0.6 is 0 Å². The average molecular weight is 523 g/mol. The maximum absolute atomic E-state index is 13.5. The van der Waals surface area contributed by atoms with Gasteiger partial charge >= 0.3 is 0 Å². The Bertz CT molecular complexity index is 1500. The van der Waals surface area contributed by atoms with Crippen LogP contribution < -0.4 is 4.74 Å². The Morgan fingerprint density at radius 2 is 1.36 bits per heavy atom. The molecule has 2 aliphatic heterocycles. The molecule has 3 aromatic carbocycles. The lowest BCUT2D eigenvalue weighted by Gasteiger charge is -2.39. The van der Waals surface area contributed by atoms with Gasteiger partial charge < -0.3 is 14.5 Å². The minimum absolute atomic E-state index is 0.0117. The fourth-order valence-electron chi connectivity index (χ4n) is 6.11. The molecule has 39 heavy (non-hydrogen) atoms. The Labute approximate surface area is 227 Å². The first-order valence-electron chi connectivity index (χ1n) is 13.4. The second kappa shape index (κ2) is 9.80. The van der Waals surface area contributed by atoms with Crippen molar-refractivity contribution in [3.8, 4) is 5.75 Å². The van der Waals surface area contributed by atoms with Gasteiger partial charge in [-0.05, 0) is 61.4 Å². The molecule has 198 valence electrons. The van der Waals surface area contributed by atoms with Crippen molar-refractivity contribution in [2.75, 3.05) is 32.8 Å². The molecule has 2 fully saturated rings. The van der Waals surface area contributed by atoms with Crippen LogP contribution in [-0.4, -0.2) is 66.0 Å². The lowest BCUT2D eigenvalue weighted by atomic mass is 9.78. The van der Waals surface area contributed by atoms with Gasteiger partial charge in [0, 0.05) is 54.0 Å². The molecule has 0 N–H and O–H groups in total. The number of ether oxygens (including phenoxy) is 1. The number of nitrogens with zero attached hydrogens (tertiary/aromatic N) is 2. The van der Waals surface area contributed by atoms with Gasteiger partial charge in [0.05, 0.1) is 0 Å². The fraction of sp³-hybridized carbons (Fsp3) is 0.312. The van der Waals surface area contributed by atoms with E-state index in [4.69, 9.17) is 4.74 Å². The quantitative estimate of drug-likeness (QED) is 0.399. The zero-order valence-electron chi connectivity index (χ0n) is 21.9. The predicted molar refractivity (Wildman–Crippen MR) is 145 cm³/mol. The molecule has 3 aromatic rings. The van der Waals surface area contributed by atoms with Gasteiger partial charge in [-0.15, -0.1) is 0 Å². The summed E-state index contributed by atoms with van der Waals surface area (Å²) in [6, 6.07) is 19.3. The van der Waals surface area contributed by atoms with Gasteiger partial charge in [0.1, 0.15) is 5.75 Å². The molecule has 0 aromatic heterocycles. The molecule has 3 aliphatic rings. The molecule has 2 saturated heterocycles. The fourth-order valence-corrected chi connectivity index (χ4v) is 6.11. The molecule has 7 heteroatoms. The third-order valence-electron chi connectivity index (χ3n) is 8.52. The SMILES string of the molecule is Cc1ccccc1OCC(=O)N1CCC2(CC1)CCN(C(=O)c1ccc3c(c1)C(=O)c1ccccc1C3=O)C2. The summed E-state index contributed by atoms with van der Waals surface area (Å²) in [5, 5.41) is 0. The third kappa shape index (κ3) is 4.52. The van der Waals surface area contributed by atoms with Crippen molar-refractivity contribution in [3.05, 3.63) is 100 Å². The number of ketones is 2. The normalized spacial score (nSPS) is 17.7. The summed E-state index contributed by atoms with van der Waals surface area (Å²) in [5.74, 6) is 0.163. The van der Waals surface area contributed by atoms with E-state index in [-0.39, 0.29) is 41.0 Å². The number of amides is 2. The van der Waals surface area contributed by atoms with E-state index in [1.807, 2.05) is 41.0 Å². The van der Waals surface area contributed by atoms with Crippen LogP contribution in [0.25, 0.3) is 0 Å².